The third-order valence-corrected chi connectivity index (χ3v) is 3.60. The lowest BCUT2D eigenvalue weighted by atomic mass is 9.98. The van der Waals surface area contributed by atoms with Gasteiger partial charge in [-0.25, -0.2) is 0 Å². The second-order valence-electron chi connectivity index (χ2n) is 5.24. The van der Waals surface area contributed by atoms with Crippen LogP contribution in [0.25, 0.3) is 0 Å². The summed E-state index contributed by atoms with van der Waals surface area (Å²) < 4.78 is 10.2. The van der Waals surface area contributed by atoms with Crippen LogP contribution >= 0.6 is 24.0 Å². The number of hydrogen-bond donors (Lipinski definition) is 2. The highest BCUT2D eigenvalue weighted by molar-refractivity contribution is 14.0. The van der Waals surface area contributed by atoms with Gasteiger partial charge >= 0.3 is 0 Å². The molecule has 0 spiro atoms. The van der Waals surface area contributed by atoms with Crippen LogP contribution in [0.5, 0.6) is 5.75 Å². The van der Waals surface area contributed by atoms with Gasteiger partial charge in [0.1, 0.15) is 5.75 Å². The molecule has 0 aliphatic heterocycles. The first-order chi connectivity index (χ1) is 10.7. The van der Waals surface area contributed by atoms with E-state index in [1.165, 1.54) is 5.56 Å². The van der Waals surface area contributed by atoms with Crippen LogP contribution in [0.1, 0.15) is 31.2 Å². The first-order valence-electron chi connectivity index (χ1n) is 7.78. The molecule has 1 rings (SSSR count). The summed E-state index contributed by atoms with van der Waals surface area (Å²) in [6.45, 7) is 4.75. The predicted molar refractivity (Wildman–Crippen MR) is 107 cm³/mol. The molecule has 1 unspecified atom stereocenters. The van der Waals surface area contributed by atoms with E-state index in [1.54, 1.807) is 21.3 Å². The quantitative estimate of drug-likeness (QED) is 0.271. The molecule has 0 saturated heterocycles. The first-order valence-corrected chi connectivity index (χ1v) is 7.78. The lowest BCUT2D eigenvalue weighted by molar-refractivity contribution is 0.195. The van der Waals surface area contributed by atoms with Crippen LogP contribution < -0.4 is 15.4 Å². The maximum absolute atomic E-state index is 5.19. The molecule has 0 fully saturated rings. The minimum atomic E-state index is 0. The Labute approximate surface area is 157 Å². The summed E-state index contributed by atoms with van der Waals surface area (Å²) >= 11 is 0. The number of ether oxygens (including phenoxy) is 2. The van der Waals surface area contributed by atoms with E-state index in [2.05, 4.69) is 34.7 Å². The molecular formula is C17H30IN3O2. The van der Waals surface area contributed by atoms with Crippen LogP contribution in [0.15, 0.2) is 29.3 Å². The van der Waals surface area contributed by atoms with Crippen molar-refractivity contribution in [3.8, 4) is 5.75 Å². The molecular weight excluding hydrogens is 405 g/mol. The van der Waals surface area contributed by atoms with Crippen molar-refractivity contribution in [3.63, 3.8) is 0 Å². The molecule has 0 aliphatic rings. The molecule has 0 bridgehead atoms. The van der Waals surface area contributed by atoms with Gasteiger partial charge in [-0.05, 0) is 36.5 Å². The summed E-state index contributed by atoms with van der Waals surface area (Å²) in [5, 5.41) is 6.62. The van der Waals surface area contributed by atoms with Crippen LogP contribution in [0.3, 0.4) is 0 Å². The molecule has 6 heteroatoms. The largest absolute Gasteiger partial charge is 0.497 e. The summed E-state index contributed by atoms with van der Waals surface area (Å²) in [6.07, 6.45) is 2.02. The van der Waals surface area contributed by atoms with Crippen molar-refractivity contribution < 1.29 is 9.47 Å². The minimum absolute atomic E-state index is 0. The normalized spacial score (nSPS) is 12.3. The van der Waals surface area contributed by atoms with E-state index in [0.29, 0.717) is 5.92 Å². The number of rotatable bonds is 9. The molecule has 1 aromatic rings. The predicted octanol–water partition coefficient (Wildman–Crippen LogP) is 3.01. The Morgan fingerprint density at radius 3 is 2.35 bits per heavy atom. The minimum Gasteiger partial charge on any atom is -0.497 e. The molecule has 0 amide bonds. The summed E-state index contributed by atoms with van der Waals surface area (Å²) in [4.78, 5) is 4.22. The zero-order valence-electron chi connectivity index (χ0n) is 14.6. The second kappa shape index (κ2) is 13.4. The van der Waals surface area contributed by atoms with Gasteiger partial charge in [0, 0.05) is 33.9 Å². The maximum atomic E-state index is 5.19. The highest BCUT2D eigenvalue weighted by Crippen LogP contribution is 2.21. The second-order valence-corrected chi connectivity index (χ2v) is 5.24. The zero-order valence-corrected chi connectivity index (χ0v) is 16.9. The third-order valence-electron chi connectivity index (χ3n) is 3.60. The van der Waals surface area contributed by atoms with E-state index in [-0.39, 0.29) is 24.0 Å². The smallest absolute Gasteiger partial charge is 0.190 e. The Hall–Kier alpha value is -1.02. The molecule has 1 aromatic carbocycles. The standard InChI is InChI=1S/C17H29N3O2.HI/c1-14(15-6-8-16(22-4)9-7-15)10-12-20-17(18-2)19-11-5-13-21-3;/h6-9,14H,5,10-13H2,1-4H3,(H2,18,19,20);1H. The molecule has 132 valence electrons. The van der Waals surface area contributed by atoms with Gasteiger partial charge in [-0.1, -0.05) is 19.1 Å². The molecule has 0 heterocycles. The Kier molecular flexibility index (Phi) is 12.8. The highest BCUT2D eigenvalue weighted by Gasteiger charge is 2.06. The Balaban J connectivity index is 0.00000484. The number of guanidine groups is 1. The molecule has 5 nitrogen and oxygen atoms in total. The van der Waals surface area contributed by atoms with Crippen LogP contribution in [-0.4, -0.2) is 46.9 Å². The van der Waals surface area contributed by atoms with E-state index in [0.717, 1.165) is 44.2 Å². The van der Waals surface area contributed by atoms with E-state index in [1.807, 2.05) is 12.1 Å². The molecule has 0 aromatic heterocycles. The van der Waals surface area contributed by atoms with Gasteiger partial charge in [-0.2, -0.15) is 0 Å². The van der Waals surface area contributed by atoms with Crippen molar-refractivity contribution in [3.05, 3.63) is 29.8 Å². The Morgan fingerprint density at radius 1 is 1.13 bits per heavy atom. The lowest BCUT2D eigenvalue weighted by Crippen LogP contribution is -2.38. The van der Waals surface area contributed by atoms with Gasteiger partial charge in [0.25, 0.3) is 0 Å². The highest BCUT2D eigenvalue weighted by atomic mass is 127. The SMILES string of the molecule is CN=C(NCCCOC)NCCC(C)c1ccc(OC)cc1.I. The van der Waals surface area contributed by atoms with Crippen molar-refractivity contribution in [2.45, 2.75) is 25.7 Å². The van der Waals surface area contributed by atoms with Crippen LogP contribution in [0, 0.1) is 0 Å². The van der Waals surface area contributed by atoms with Gasteiger partial charge in [-0.3, -0.25) is 4.99 Å². The number of nitrogens with one attached hydrogen (secondary N) is 2. The van der Waals surface area contributed by atoms with E-state index in [4.69, 9.17) is 9.47 Å². The van der Waals surface area contributed by atoms with Gasteiger partial charge < -0.3 is 20.1 Å². The summed E-state index contributed by atoms with van der Waals surface area (Å²) in [6, 6.07) is 8.27. The lowest BCUT2D eigenvalue weighted by Gasteiger charge is -2.15. The van der Waals surface area contributed by atoms with Crippen molar-refractivity contribution in [1.29, 1.82) is 0 Å². The molecule has 0 saturated carbocycles. The number of aliphatic imine (C=N–C) groups is 1. The Morgan fingerprint density at radius 2 is 1.78 bits per heavy atom. The first kappa shape index (κ1) is 22.0. The van der Waals surface area contributed by atoms with Crippen molar-refractivity contribution in [2.24, 2.45) is 4.99 Å². The number of nitrogens with zero attached hydrogens (tertiary/aromatic N) is 1. The van der Waals surface area contributed by atoms with E-state index >= 15 is 0 Å². The zero-order chi connectivity index (χ0) is 16.2. The molecule has 23 heavy (non-hydrogen) atoms. The van der Waals surface area contributed by atoms with E-state index in [9.17, 15) is 0 Å². The van der Waals surface area contributed by atoms with Gasteiger partial charge in [-0.15, -0.1) is 24.0 Å². The van der Waals surface area contributed by atoms with Crippen LogP contribution in [0.2, 0.25) is 0 Å². The third kappa shape index (κ3) is 9.00. The van der Waals surface area contributed by atoms with Crippen molar-refractivity contribution >= 4 is 29.9 Å². The summed E-state index contributed by atoms with van der Waals surface area (Å²) in [5.41, 5.74) is 1.32. The van der Waals surface area contributed by atoms with Gasteiger partial charge in [0.05, 0.1) is 7.11 Å². The average Bonchev–Trinajstić information content (AvgIpc) is 2.57. The number of benzene rings is 1. The number of hydrogen-bond acceptors (Lipinski definition) is 3. The Bertz CT molecular complexity index is 438. The summed E-state index contributed by atoms with van der Waals surface area (Å²) in [7, 11) is 5.19. The van der Waals surface area contributed by atoms with Crippen molar-refractivity contribution in [1.82, 2.24) is 10.6 Å². The average molecular weight is 435 g/mol. The molecule has 0 aliphatic carbocycles. The molecule has 0 radical (unpaired) electrons. The van der Waals surface area contributed by atoms with Crippen LogP contribution in [-0.2, 0) is 4.74 Å². The topological polar surface area (TPSA) is 54.9 Å². The number of methoxy groups -OCH3 is 2. The summed E-state index contributed by atoms with van der Waals surface area (Å²) in [5.74, 6) is 2.23. The fourth-order valence-electron chi connectivity index (χ4n) is 2.15. The monoisotopic (exact) mass is 435 g/mol. The maximum Gasteiger partial charge on any atom is 0.190 e. The molecule has 2 N–H and O–H groups in total. The number of halogens is 1. The van der Waals surface area contributed by atoms with Crippen molar-refractivity contribution in [2.75, 3.05) is 41.0 Å². The fraction of sp³-hybridized carbons (Fsp3) is 0.588. The fourth-order valence-corrected chi connectivity index (χ4v) is 2.15. The van der Waals surface area contributed by atoms with Gasteiger partial charge in [0.15, 0.2) is 5.96 Å². The van der Waals surface area contributed by atoms with Crippen LogP contribution in [0.4, 0.5) is 0 Å². The molecule has 1 atom stereocenters. The van der Waals surface area contributed by atoms with Gasteiger partial charge in [0.2, 0.25) is 0 Å². The van der Waals surface area contributed by atoms with E-state index < -0.39 is 0 Å².